The van der Waals surface area contributed by atoms with Crippen molar-refractivity contribution in [2.24, 2.45) is 0 Å². The predicted octanol–water partition coefficient (Wildman–Crippen LogP) is 4.74. The van der Waals surface area contributed by atoms with Gasteiger partial charge in [0.15, 0.2) is 5.69 Å². The normalized spacial score (nSPS) is 13.8. The van der Waals surface area contributed by atoms with Gasteiger partial charge in [-0.05, 0) is 60.4 Å². The number of halogens is 1. The van der Waals surface area contributed by atoms with Crippen LogP contribution in [0.1, 0.15) is 29.7 Å². The molecule has 6 rings (SSSR count). The number of anilines is 1. The molecule has 0 bridgehead atoms. The van der Waals surface area contributed by atoms with E-state index >= 15 is 0 Å². The van der Waals surface area contributed by atoms with Crippen LogP contribution < -0.4 is 10.9 Å². The molecule has 2 N–H and O–H groups in total. The van der Waals surface area contributed by atoms with Crippen molar-refractivity contribution in [3.8, 4) is 34.1 Å². The van der Waals surface area contributed by atoms with Gasteiger partial charge >= 0.3 is 6.09 Å². The maximum atomic E-state index is 13.5. The predicted molar refractivity (Wildman–Crippen MR) is 158 cm³/mol. The van der Waals surface area contributed by atoms with Gasteiger partial charge < -0.3 is 19.0 Å². The standard InChI is InChI=1S/C30H25ClN8O4/c1-42-10-11-43-30(41)34-21-5-2-18(3-6-21)25-16-33-29(35-25)27-9-7-23-12-19(13-28(40)39(23)27)24-14-20(31)4-8-26(24)38-17-22(15-32)36-37-38/h2-6,8,12-14,16-17,27H,7,9-11H2,1H3,(H,33,35)(H,34,41)/t27-/m0/s1. The van der Waals surface area contributed by atoms with Crippen LogP contribution in [0.3, 0.4) is 0 Å². The largest absolute Gasteiger partial charge is 0.447 e. The Bertz CT molecular complexity index is 1900. The fourth-order valence-electron chi connectivity index (χ4n) is 5.14. The smallest absolute Gasteiger partial charge is 0.411 e. The first kappa shape index (κ1) is 27.9. The molecule has 1 aliphatic heterocycles. The Morgan fingerprint density at radius 1 is 1.16 bits per heavy atom. The first-order valence-electron chi connectivity index (χ1n) is 13.4. The second-order valence-electron chi connectivity index (χ2n) is 9.83. The topological polar surface area (TPSA) is 153 Å². The van der Waals surface area contributed by atoms with Crippen LogP contribution in [-0.4, -0.2) is 55.9 Å². The van der Waals surface area contributed by atoms with Gasteiger partial charge in [-0.2, -0.15) is 5.26 Å². The summed E-state index contributed by atoms with van der Waals surface area (Å²) in [6.45, 7) is 0.492. The van der Waals surface area contributed by atoms with Crippen LogP contribution in [0.15, 0.2) is 71.8 Å². The second kappa shape index (κ2) is 11.9. The van der Waals surface area contributed by atoms with Crippen LogP contribution >= 0.6 is 11.6 Å². The van der Waals surface area contributed by atoms with E-state index in [2.05, 4.69) is 25.6 Å². The lowest BCUT2D eigenvalue weighted by Crippen LogP contribution is -2.23. The maximum absolute atomic E-state index is 13.5. The third-order valence-electron chi connectivity index (χ3n) is 7.13. The second-order valence-corrected chi connectivity index (χ2v) is 10.3. The van der Waals surface area contributed by atoms with E-state index in [9.17, 15) is 9.59 Å². The van der Waals surface area contributed by atoms with Crippen molar-refractivity contribution in [2.45, 2.75) is 18.9 Å². The fraction of sp³-hybridized carbons (Fsp3) is 0.200. The Labute approximate surface area is 250 Å². The molecule has 1 aliphatic rings. The maximum Gasteiger partial charge on any atom is 0.411 e. The van der Waals surface area contributed by atoms with E-state index in [-0.39, 0.29) is 23.9 Å². The van der Waals surface area contributed by atoms with E-state index in [1.54, 1.807) is 47.2 Å². The summed E-state index contributed by atoms with van der Waals surface area (Å²) in [4.78, 5) is 33.4. The summed E-state index contributed by atoms with van der Waals surface area (Å²) in [5.74, 6) is 0.683. The monoisotopic (exact) mass is 596 g/mol. The molecule has 0 fully saturated rings. The summed E-state index contributed by atoms with van der Waals surface area (Å²) >= 11 is 6.33. The van der Waals surface area contributed by atoms with Crippen LogP contribution in [-0.2, 0) is 15.9 Å². The molecule has 1 atom stereocenters. The van der Waals surface area contributed by atoms with Gasteiger partial charge in [0.25, 0.3) is 5.56 Å². The van der Waals surface area contributed by atoms with Crippen molar-refractivity contribution in [3.05, 3.63) is 99.6 Å². The molecule has 13 heteroatoms. The molecule has 0 aliphatic carbocycles. The quantitative estimate of drug-likeness (QED) is 0.244. The van der Waals surface area contributed by atoms with E-state index in [1.165, 1.54) is 18.0 Å². The number of H-pyrrole nitrogens is 1. The van der Waals surface area contributed by atoms with Gasteiger partial charge in [0, 0.05) is 35.1 Å². The number of carbonyl (C=O) groups excluding carboxylic acids is 1. The minimum absolute atomic E-state index is 0.164. The Hall–Kier alpha value is -5.25. The summed E-state index contributed by atoms with van der Waals surface area (Å²) in [6, 6.07) is 17.8. The van der Waals surface area contributed by atoms with E-state index in [1.807, 2.05) is 24.3 Å². The average Bonchev–Trinajstić information content (AvgIpc) is 3.77. The number of rotatable bonds is 8. The van der Waals surface area contributed by atoms with Gasteiger partial charge in [-0.25, -0.2) is 14.5 Å². The van der Waals surface area contributed by atoms with E-state index in [0.717, 1.165) is 17.0 Å². The number of nitrogens with one attached hydrogen (secondary N) is 2. The number of aromatic nitrogens is 6. The average molecular weight is 597 g/mol. The molecule has 0 radical (unpaired) electrons. The number of methoxy groups -OCH3 is 1. The number of carbonyl (C=O) groups is 1. The number of ether oxygens (including phenoxy) is 2. The van der Waals surface area contributed by atoms with Crippen molar-refractivity contribution in [1.29, 1.82) is 5.26 Å². The number of pyridine rings is 1. The van der Waals surface area contributed by atoms with Gasteiger partial charge in [-0.3, -0.25) is 10.1 Å². The Balaban J connectivity index is 1.23. The molecule has 43 heavy (non-hydrogen) atoms. The molecule has 5 aromatic rings. The summed E-state index contributed by atoms with van der Waals surface area (Å²) in [6.07, 6.45) is 4.10. The number of benzene rings is 2. The van der Waals surface area contributed by atoms with Gasteiger partial charge in [0.1, 0.15) is 18.5 Å². The summed E-state index contributed by atoms with van der Waals surface area (Å²) in [5.41, 5.74) is 5.19. The first-order valence-corrected chi connectivity index (χ1v) is 13.8. The van der Waals surface area contributed by atoms with E-state index in [0.29, 0.717) is 52.8 Å². The lowest BCUT2D eigenvalue weighted by atomic mass is 10.0. The Kier molecular flexibility index (Phi) is 7.74. The first-order chi connectivity index (χ1) is 20.9. The summed E-state index contributed by atoms with van der Waals surface area (Å²) in [7, 11) is 1.54. The Morgan fingerprint density at radius 2 is 2.00 bits per heavy atom. The zero-order valence-corrected chi connectivity index (χ0v) is 23.7. The number of imidazole rings is 1. The number of amides is 1. The van der Waals surface area contributed by atoms with Crippen molar-refractivity contribution in [2.75, 3.05) is 25.6 Å². The van der Waals surface area contributed by atoms with Gasteiger partial charge in [0.2, 0.25) is 0 Å². The highest BCUT2D eigenvalue weighted by Gasteiger charge is 2.28. The number of aromatic amines is 1. The van der Waals surface area contributed by atoms with Gasteiger partial charge in [-0.15, -0.1) is 5.10 Å². The highest BCUT2D eigenvalue weighted by Crippen LogP contribution is 2.34. The zero-order valence-electron chi connectivity index (χ0n) is 23.0. The third kappa shape index (κ3) is 5.76. The number of nitriles is 1. The number of fused-ring (bicyclic) bond motifs is 1. The molecular weight excluding hydrogens is 572 g/mol. The minimum atomic E-state index is -0.555. The Morgan fingerprint density at radius 3 is 2.77 bits per heavy atom. The zero-order chi connectivity index (χ0) is 29.9. The molecule has 1 amide bonds. The van der Waals surface area contributed by atoms with Crippen LogP contribution in [0, 0.1) is 11.3 Å². The van der Waals surface area contributed by atoms with E-state index in [4.69, 9.17) is 26.3 Å². The van der Waals surface area contributed by atoms with Crippen LogP contribution in [0.4, 0.5) is 10.5 Å². The molecule has 216 valence electrons. The molecule has 0 saturated heterocycles. The molecule has 0 spiro atoms. The number of hydrogen-bond acceptors (Lipinski definition) is 8. The van der Waals surface area contributed by atoms with Crippen molar-refractivity contribution in [3.63, 3.8) is 0 Å². The highest BCUT2D eigenvalue weighted by atomic mass is 35.5. The van der Waals surface area contributed by atoms with Crippen molar-refractivity contribution >= 4 is 23.4 Å². The van der Waals surface area contributed by atoms with Crippen molar-refractivity contribution < 1.29 is 14.3 Å². The van der Waals surface area contributed by atoms with Crippen LogP contribution in [0.5, 0.6) is 0 Å². The van der Waals surface area contributed by atoms with Gasteiger partial charge in [-0.1, -0.05) is 28.9 Å². The number of aryl methyl sites for hydroxylation is 1. The van der Waals surface area contributed by atoms with E-state index < -0.39 is 6.09 Å². The summed E-state index contributed by atoms with van der Waals surface area (Å²) in [5, 5.41) is 20.3. The number of hydrogen-bond donors (Lipinski definition) is 2. The fourth-order valence-corrected chi connectivity index (χ4v) is 5.31. The van der Waals surface area contributed by atoms with Gasteiger partial charge in [0.05, 0.1) is 36.4 Å². The highest BCUT2D eigenvalue weighted by molar-refractivity contribution is 6.31. The molecule has 3 aromatic heterocycles. The van der Waals surface area contributed by atoms with Crippen LogP contribution in [0.2, 0.25) is 5.02 Å². The van der Waals surface area contributed by atoms with Crippen molar-refractivity contribution in [1.82, 2.24) is 29.5 Å². The minimum Gasteiger partial charge on any atom is -0.447 e. The molecule has 2 aromatic carbocycles. The SMILES string of the molecule is COCCOC(=O)Nc1ccc(-c2cnc([C@@H]3CCc4cc(-c5cc(Cl)ccc5-n5cc(C#N)nn5)cc(=O)n43)[nH]2)cc1. The lowest BCUT2D eigenvalue weighted by Gasteiger charge is -2.15. The molecular formula is C30H25ClN8O4. The molecule has 0 saturated carbocycles. The summed E-state index contributed by atoms with van der Waals surface area (Å²) < 4.78 is 13.2. The van der Waals surface area contributed by atoms with Crippen LogP contribution in [0.25, 0.3) is 28.1 Å². The lowest BCUT2D eigenvalue weighted by molar-refractivity contribution is 0.107. The molecule has 12 nitrogen and oxygen atoms in total. The molecule has 0 unspecified atom stereocenters. The number of nitrogens with zero attached hydrogens (tertiary/aromatic N) is 6. The molecule has 4 heterocycles. The third-order valence-corrected chi connectivity index (χ3v) is 7.37.